The van der Waals surface area contributed by atoms with Gasteiger partial charge in [0.2, 0.25) is 0 Å². The number of carboxylic acid groups (broad SMARTS) is 1. The van der Waals surface area contributed by atoms with Crippen LogP contribution in [0.4, 0.5) is 4.79 Å². The van der Waals surface area contributed by atoms with Crippen LogP contribution in [0.3, 0.4) is 0 Å². The summed E-state index contributed by atoms with van der Waals surface area (Å²) in [5.74, 6) is -2.85. The lowest BCUT2D eigenvalue weighted by molar-refractivity contribution is -0.136. The number of hydrogen-bond acceptors (Lipinski definition) is 5. The van der Waals surface area contributed by atoms with Crippen molar-refractivity contribution in [1.82, 2.24) is 5.32 Å². The molecule has 4 unspecified atom stereocenters. The van der Waals surface area contributed by atoms with Crippen molar-refractivity contribution < 1.29 is 29.1 Å². The number of aliphatic hydroxyl groups excluding tert-OH is 1. The first-order chi connectivity index (χ1) is 19.4. The molecule has 0 aliphatic carbocycles. The van der Waals surface area contributed by atoms with E-state index in [4.69, 9.17) is 4.74 Å². The molecule has 8 heteroatoms. The molecule has 0 radical (unpaired) electrons. The van der Waals surface area contributed by atoms with Crippen LogP contribution in [0.25, 0.3) is 11.1 Å². The quantitative estimate of drug-likeness (QED) is 0.191. The van der Waals surface area contributed by atoms with E-state index in [1.807, 2.05) is 103 Å². The van der Waals surface area contributed by atoms with E-state index < -0.39 is 37.4 Å². The molecule has 40 heavy (non-hydrogen) atoms. The molecule has 4 aromatic carbocycles. The molecule has 206 valence electrons. The van der Waals surface area contributed by atoms with Crippen LogP contribution in [0.5, 0.6) is 0 Å². The van der Waals surface area contributed by atoms with Crippen LogP contribution in [0, 0.1) is 0 Å². The number of alkyl carbamates (subject to hydrolysis) is 1. The minimum absolute atomic E-state index is 0.0181. The zero-order valence-corrected chi connectivity index (χ0v) is 22.9. The number of carbonyl (C=O) groups is 2. The highest BCUT2D eigenvalue weighted by atomic mass is 31.1. The number of benzene rings is 4. The van der Waals surface area contributed by atoms with E-state index in [0.717, 1.165) is 22.3 Å². The van der Waals surface area contributed by atoms with Crippen molar-refractivity contribution in [2.45, 2.75) is 37.0 Å². The van der Waals surface area contributed by atoms with Crippen molar-refractivity contribution in [3.05, 3.63) is 132 Å². The smallest absolute Gasteiger partial charge is 0.407 e. The highest BCUT2D eigenvalue weighted by molar-refractivity contribution is 7.47. The third-order valence-corrected chi connectivity index (χ3v) is 8.75. The molecule has 0 fully saturated rings. The summed E-state index contributed by atoms with van der Waals surface area (Å²) in [4.78, 5) is 24.8. The number of aliphatic carboxylic acids is 1. The van der Waals surface area contributed by atoms with Gasteiger partial charge in [-0.25, -0.2) is 4.79 Å². The predicted molar refractivity (Wildman–Crippen MR) is 156 cm³/mol. The Morgan fingerprint density at radius 1 is 0.700 bits per heavy atom. The van der Waals surface area contributed by atoms with Crippen LogP contribution in [-0.2, 0) is 33.5 Å². The average Bonchev–Trinajstić information content (AvgIpc) is 2.99. The van der Waals surface area contributed by atoms with Crippen LogP contribution in [0.15, 0.2) is 115 Å². The molecule has 0 saturated carbocycles. The van der Waals surface area contributed by atoms with Gasteiger partial charge in [0.1, 0.15) is 25.9 Å². The number of rotatable bonds is 12. The molecular weight excluding hydrogens is 525 g/mol. The first-order valence-electron chi connectivity index (χ1n) is 13.0. The van der Waals surface area contributed by atoms with E-state index >= 15 is 0 Å². The summed E-state index contributed by atoms with van der Waals surface area (Å²) in [6.45, 7) is 0.0206. The molecule has 4 rings (SSSR count). The maximum Gasteiger partial charge on any atom is 0.407 e. The van der Waals surface area contributed by atoms with Crippen molar-refractivity contribution >= 4 is 19.9 Å². The maximum absolute atomic E-state index is 13.5. The Morgan fingerprint density at radius 2 is 1.20 bits per heavy atom. The second kappa shape index (κ2) is 14.3. The first-order valence-corrected chi connectivity index (χ1v) is 14.6. The van der Waals surface area contributed by atoms with Crippen LogP contribution in [0.1, 0.15) is 16.7 Å². The van der Waals surface area contributed by atoms with Gasteiger partial charge >= 0.3 is 12.1 Å². The molecule has 0 bridgehead atoms. The minimum Gasteiger partial charge on any atom is -0.481 e. The van der Waals surface area contributed by atoms with E-state index in [9.17, 15) is 24.4 Å². The normalized spacial score (nSPS) is 13.9. The third kappa shape index (κ3) is 8.15. The number of aliphatic hydroxyl groups is 1. The Balaban J connectivity index is 1.47. The molecular formula is C32H32NO6P. The van der Waals surface area contributed by atoms with Gasteiger partial charge in [0.05, 0.1) is 6.04 Å². The molecule has 3 N–H and O–H groups in total. The van der Waals surface area contributed by atoms with E-state index in [2.05, 4.69) is 5.32 Å². The highest BCUT2D eigenvalue weighted by Crippen LogP contribution is 2.38. The fraction of sp³-hybridized carbons (Fsp3) is 0.188. The summed E-state index contributed by atoms with van der Waals surface area (Å²) in [6, 6.07) is 34.4. The Hall–Kier alpha value is -4.19. The molecule has 1 amide bonds. The summed E-state index contributed by atoms with van der Waals surface area (Å²) >= 11 is 0. The lowest BCUT2D eigenvalue weighted by atomic mass is 10.0. The molecule has 0 saturated heterocycles. The van der Waals surface area contributed by atoms with Crippen molar-refractivity contribution in [3.8, 4) is 11.1 Å². The van der Waals surface area contributed by atoms with Crippen LogP contribution in [0.2, 0.25) is 0 Å². The van der Waals surface area contributed by atoms with Gasteiger partial charge in [-0.15, -0.1) is 0 Å². The van der Waals surface area contributed by atoms with E-state index in [1.165, 1.54) is 0 Å². The first kappa shape index (κ1) is 28.8. The number of carbonyl (C=O) groups excluding carboxylic acids is 1. The molecule has 0 aliphatic heterocycles. The third-order valence-electron chi connectivity index (χ3n) is 6.63. The Morgan fingerprint density at radius 3 is 1.77 bits per heavy atom. The summed E-state index contributed by atoms with van der Waals surface area (Å²) in [6.07, 6.45) is -0.658. The minimum atomic E-state index is -3.16. The molecule has 0 heterocycles. The molecule has 0 aliphatic rings. The molecule has 0 aromatic heterocycles. The number of carboxylic acids is 1. The van der Waals surface area contributed by atoms with Gasteiger partial charge in [-0.1, -0.05) is 115 Å². The molecule has 4 aromatic rings. The van der Waals surface area contributed by atoms with E-state index in [0.29, 0.717) is 5.56 Å². The summed E-state index contributed by atoms with van der Waals surface area (Å²) in [7, 11) is -3.16. The predicted octanol–water partition coefficient (Wildman–Crippen LogP) is 5.77. The number of ether oxygens (including phenoxy) is 1. The van der Waals surface area contributed by atoms with Gasteiger partial charge in [-0.2, -0.15) is 0 Å². The van der Waals surface area contributed by atoms with Gasteiger partial charge in [0.15, 0.2) is 0 Å². The fourth-order valence-corrected chi connectivity index (χ4v) is 6.13. The lowest BCUT2D eigenvalue weighted by Crippen LogP contribution is -2.45. The highest BCUT2D eigenvalue weighted by Gasteiger charge is 2.35. The maximum atomic E-state index is 13.5. The van der Waals surface area contributed by atoms with Gasteiger partial charge in [0, 0.05) is 0 Å². The van der Waals surface area contributed by atoms with Crippen LogP contribution >= 0.6 is 7.80 Å². The van der Waals surface area contributed by atoms with Gasteiger partial charge in [-0.3, -0.25) is 4.79 Å². The van der Waals surface area contributed by atoms with Crippen molar-refractivity contribution in [2.24, 2.45) is 0 Å². The molecule has 7 nitrogen and oxygen atoms in total. The van der Waals surface area contributed by atoms with Crippen LogP contribution in [-0.4, -0.2) is 39.8 Å². The summed E-state index contributed by atoms with van der Waals surface area (Å²) in [5.41, 5.74) is 2.95. The van der Waals surface area contributed by atoms with Gasteiger partial charge in [-0.05, 0) is 40.7 Å². The van der Waals surface area contributed by atoms with Crippen molar-refractivity contribution in [3.63, 3.8) is 0 Å². The average molecular weight is 558 g/mol. The van der Waals surface area contributed by atoms with Gasteiger partial charge in [0.25, 0.3) is 0 Å². The standard InChI is InChI=1S/C32H32NO6P/c34-30(35)29(21-24-16-18-27(19-17-24)26-14-8-3-9-15-26)40(38)31(36)28(20-23-10-4-1-5-11-23)33-32(37)39-22-25-12-6-2-7-13-25/h1-19,28-29,31,36,40H,20-22H2,(H,33,37)(H,34,35). The Kier molecular flexibility index (Phi) is 10.3. The lowest BCUT2D eigenvalue weighted by Gasteiger charge is -2.26. The summed E-state index contributed by atoms with van der Waals surface area (Å²) in [5, 5.41) is 23.7. The zero-order valence-electron chi connectivity index (χ0n) is 21.9. The fourth-order valence-electron chi connectivity index (χ4n) is 4.44. The zero-order chi connectivity index (χ0) is 28.3. The second-order valence-electron chi connectivity index (χ2n) is 9.51. The molecule has 4 atom stereocenters. The van der Waals surface area contributed by atoms with Crippen molar-refractivity contribution in [2.75, 3.05) is 0 Å². The number of nitrogens with one attached hydrogen (secondary N) is 1. The summed E-state index contributed by atoms with van der Waals surface area (Å²) < 4.78 is 18.8. The second-order valence-corrected chi connectivity index (χ2v) is 11.6. The number of amides is 1. The Labute approximate surface area is 234 Å². The van der Waals surface area contributed by atoms with E-state index in [1.54, 1.807) is 12.1 Å². The van der Waals surface area contributed by atoms with Crippen molar-refractivity contribution in [1.29, 1.82) is 0 Å². The Bertz CT molecular complexity index is 1400. The van der Waals surface area contributed by atoms with Crippen LogP contribution < -0.4 is 5.32 Å². The van der Waals surface area contributed by atoms with E-state index in [-0.39, 0.29) is 19.4 Å². The number of hydrogen-bond donors (Lipinski definition) is 3. The SMILES string of the molecule is O=C(NC(Cc1ccccc1)C(O)[PH](=O)C(Cc1ccc(-c2ccccc2)cc1)C(=O)O)OCc1ccccc1. The van der Waals surface area contributed by atoms with Gasteiger partial charge < -0.3 is 24.8 Å². The monoisotopic (exact) mass is 557 g/mol. The molecule has 0 spiro atoms. The topological polar surface area (TPSA) is 113 Å². The largest absolute Gasteiger partial charge is 0.481 e.